The number of aliphatic hydroxyl groups excluding tert-OH is 1. The minimum absolute atomic E-state index is 0.0730. The zero-order chi connectivity index (χ0) is 22.3. The smallest absolute Gasteiger partial charge is 0.323 e. The first-order valence-electron chi connectivity index (χ1n) is 9.37. The summed E-state index contributed by atoms with van der Waals surface area (Å²) in [4.78, 5) is 12.3. The molecule has 1 aromatic carbocycles. The van der Waals surface area contributed by atoms with Gasteiger partial charge in [-0.2, -0.15) is 20.2 Å². The molecule has 11 heteroatoms. The third kappa shape index (κ3) is 7.46. The molecule has 2 aromatic rings. The van der Waals surface area contributed by atoms with Crippen molar-refractivity contribution in [3.63, 3.8) is 0 Å². The van der Waals surface area contributed by atoms with Crippen molar-refractivity contribution in [2.75, 3.05) is 22.9 Å². The molecular formula is C19H26N6O4S. The molecular weight excluding hydrogens is 408 g/mol. The SMILES string of the molecule is CC(C)C[C@H](CO)Nc1nc(NS(C)(=O)=O)nc(OC(C)c2cccc(C#N)c2)n1. The molecule has 1 heterocycles. The second-order valence-electron chi connectivity index (χ2n) is 7.29. The van der Waals surface area contributed by atoms with Crippen molar-refractivity contribution in [3.8, 4) is 12.1 Å². The molecule has 0 aliphatic rings. The van der Waals surface area contributed by atoms with E-state index in [1.807, 2.05) is 13.8 Å². The maximum atomic E-state index is 11.6. The highest BCUT2D eigenvalue weighted by Gasteiger charge is 2.17. The molecule has 30 heavy (non-hydrogen) atoms. The Hall–Kier alpha value is -2.97. The Bertz CT molecular complexity index is 1010. The molecule has 0 saturated heterocycles. The topological polar surface area (TPSA) is 150 Å². The van der Waals surface area contributed by atoms with Gasteiger partial charge in [0.2, 0.25) is 21.9 Å². The molecule has 1 unspecified atom stereocenters. The standard InChI is InChI=1S/C19H26N6O4S/c1-12(2)8-16(11-26)21-17-22-18(25-30(4,27)28)24-19(23-17)29-13(3)15-7-5-6-14(9-15)10-20/h5-7,9,12-13,16,26H,8,11H2,1-4H3,(H2,21,22,23,24,25)/t13?,16-/m1/s1. The third-order valence-electron chi connectivity index (χ3n) is 3.97. The first-order chi connectivity index (χ1) is 14.1. The zero-order valence-corrected chi connectivity index (χ0v) is 18.1. The molecule has 0 amide bonds. The zero-order valence-electron chi connectivity index (χ0n) is 17.3. The van der Waals surface area contributed by atoms with Gasteiger partial charge in [0.05, 0.1) is 30.5 Å². The number of ether oxygens (including phenoxy) is 1. The van der Waals surface area contributed by atoms with E-state index in [0.29, 0.717) is 17.9 Å². The molecule has 10 nitrogen and oxygen atoms in total. The van der Waals surface area contributed by atoms with Gasteiger partial charge >= 0.3 is 6.01 Å². The van der Waals surface area contributed by atoms with Gasteiger partial charge < -0.3 is 15.2 Å². The Morgan fingerprint density at radius 2 is 1.90 bits per heavy atom. The average molecular weight is 435 g/mol. The van der Waals surface area contributed by atoms with Crippen LogP contribution in [0.2, 0.25) is 0 Å². The van der Waals surface area contributed by atoms with Crippen LogP contribution in [0.4, 0.5) is 11.9 Å². The third-order valence-corrected chi connectivity index (χ3v) is 4.52. The predicted molar refractivity (Wildman–Crippen MR) is 112 cm³/mol. The Morgan fingerprint density at radius 1 is 1.20 bits per heavy atom. The molecule has 0 bridgehead atoms. The fraction of sp³-hybridized carbons (Fsp3) is 0.474. The number of rotatable bonds is 10. The van der Waals surface area contributed by atoms with E-state index in [-0.39, 0.29) is 30.6 Å². The van der Waals surface area contributed by atoms with Gasteiger partial charge in [-0.15, -0.1) is 0 Å². The predicted octanol–water partition coefficient (Wildman–Crippen LogP) is 2.07. The normalized spacial score (nSPS) is 13.4. The van der Waals surface area contributed by atoms with Crippen LogP contribution in [0.15, 0.2) is 24.3 Å². The number of nitriles is 1. The highest BCUT2D eigenvalue weighted by atomic mass is 32.2. The van der Waals surface area contributed by atoms with Crippen LogP contribution in [0.1, 0.15) is 44.4 Å². The van der Waals surface area contributed by atoms with Gasteiger partial charge in [-0.3, -0.25) is 4.72 Å². The van der Waals surface area contributed by atoms with Crippen LogP contribution in [0.3, 0.4) is 0 Å². The van der Waals surface area contributed by atoms with E-state index in [0.717, 1.165) is 11.8 Å². The van der Waals surface area contributed by atoms with Gasteiger partial charge in [-0.1, -0.05) is 26.0 Å². The van der Waals surface area contributed by atoms with Crippen LogP contribution in [-0.2, 0) is 10.0 Å². The number of nitrogens with zero attached hydrogens (tertiary/aromatic N) is 4. The second kappa shape index (κ2) is 10.2. The Kier molecular flexibility index (Phi) is 7.91. The summed E-state index contributed by atoms with van der Waals surface area (Å²) in [6.07, 6.45) is 1.13. The van der Waals surface area contributed by atoms with Crippen molar-refractivity contribution >= 4 is 21.9 Å². The van der Waals surface area contributed by atoms with Gasteiger partial charge in [0.1, 0.15) is 6.10 Å². The molecule has 0 spiro atoms. The van der Waals surface area contributed by atoms with Gasteiger partial charge in [0.25, 0.3) is 0 Å². The molecule has 0 saturated carbocycles. The average Bonchev–Trinajstić information content (AvgIpc) is 2.65. The molecule has 0 fully saturated rings. The van der Waals surface area contributed by atoms with E-state index in [1.165, 1.54) is 0 Å². The first kappa shape index (κ1) is 23.3. The van der Waals surface area contributed by atoms with E-state index in [4.69, 9.17) is 10.00 Å². The number of hydrogen-bond donors (Lipinski definition) is 3. The Labute approximate surface area is 176 Å². The lowest BCUT2D eigenvalue weighted by Crippen LogP contribution is -2.27. The Morgan fingerprint density at radius 3 is 2.50 bits per heavy atom. The summed E-state index contributed by atoms with van der Waals surface area (Å²) in [5.41, 5.74) is 1.22. The van der Waals surface area contributed by atoms with Crippen molar-refractivity contribution in [1.82, 2.24) is 15.0 Å². The summed E-state index contributed by atoms with van der Waals surface area (Å²) in [5, 5.41) is 21.7. The number of aliphatic hydroxyl groups is 1. The van der Waals surface area contributed by atoms with Crippen LogP contribution < -0.4 is 14.8 Å². The molecule has 0 aliphatic carbocycles. The van der Waals surface area contributed by atoms with Crippen LogP contribution in [0.25, 0.3) is 0 Å². The minimum Gasteiger partial charge on any atom is -0.455 e. The molecule has 162 valence electrons. The quantitative estimate of drug-likeness (QED) is 0.510. The van der Waals surface area contributed by atoms with Gasteiger partial charge in [0.15, 0.2) is 0 Å². The van der Waals surface area contributed by atoms with Crippen LogP contribution in [0.5, 0.6) is 6.01 Å². The number of nitrogens with one attached hydrogen (secondary N) is 2. The summed E-state index contributed by atoms with van der Waals surface area (Å²) < 4.78 is 31.2. The fourth-order valence-electron chi connectivity index (χ4n) is 2.70. The lowest BCUT2D eigenvalue weighted by molar-refractivity contribution is 0.207. The maximum absolute atomic E-state index is 11.6. The van der Waals surface area contributed by atoms with Gasteiger partial charge in [0, 0.05) is 0 Å². The fourth-order valence-corrected chi connectivity index (χ4v) is 3.13. The summed E-state index contributed by atoms with van der Waals surface area (Å²) >= 11 is 0. The van der Waals surface area contributed by atoms with Crippen molar-refractivity contribution in [1.29, 1.82) is 5.26 Å². The van der Waals surface area contributed by atoms with E-state index in [1.54, 1.807) is 31.2 Å². The minimum atomic E-state index is -3.62. The number of anilines is 2. The highest BCUT2D eigenvalue weighted by molar-refractivity contribution is 7.91. The van der Waals surface area contributed by atoms with E-state index in [9.17, 15) is 13.5 Å². The van der Waals surface area contributed by atoms with Crippen LogP contribution >= 0.6 is 0 Å². The van der Waals surface area contributed by atoms with Crippen LogP contribution in [-0.4, -0.2) is 47.4 Å². The summed E-state index contributed by atoms with van der Waals surface area (Å²) in [6, 6.07) is 8.54. The number of benzene rings is 1. The lowest BCUT2D eigenvalue weighted by Gasteiger charge is -2.19. The summed E-state index contributed by atoms with van der Waals surface area (Å²) in [7, 11) is -3.62. The molecule has 0 aliphatic heterocycles. The van der Waals surface area contributed by atoms with E-state index >= 15 is 0 Å². The monoisotopic (exact) mass is 434 g/mol. The highest BCUT2D eigenvalue weighted by Crippen LogP contribution is 2.22. The van der Waals surface area contributed by atoms with Crippen molar-refractivity contribution in [2.24, 2.45) is 5.92 Å². The molecule has 0 radical (unpaired) electrons. The van der Waals surface area contributed by atoms with Crippen molar-refractivity contribution in [3.05, 3.63) is 35.4 Å². The number of aromatic nitrogens is 3. The van der Waals surface area contributed by atoms with Crippen LogP contribution in [0, 0.1) is 17.2 Å². The van der Waals surface area contributed by atoms with Gasteiger partial charge in [-0.05, 0) is 37.0 Å². The van der Waals surface area contributed by atoms with Crippen molar-refractivity contribution in [2.45, 2.75) is 39.3 Å². The first-order valence-corrected chi connectivity index (χ1v) is 11.3. The van der Waals surface area contributed by atoms with Gasteiger partial charge in [-0.25, -0.2) is 8.42 Å². The largest absolute Gasteiger partial charge is 0.455 e. The summed E-state index contributed by atoms with van der Waals surface area (Å²) in [5.74, 6) is 0.182. The Balaban J connectivity index is 2.32. The number of sulfonamides is 1. The summed E-state index contributed by atoms with van der Waals surface area (Å²) in [6.45, 7) is 5.64. The maximum Gasteiger partial charge on any atom is 0.323 e. The molecule has 3 N–H and O–H groups in total. The van der Waals surface area contributed by atoms with E-state index in [2.05, 4.69) is 31.1 Å². The second-order valence-corrected chi connectivity index (χ2v) is 9.04. The molecule has 2 atom stereocenters. The van der Waals surface area contributed by atoms with Crippen molar-refractivity contribution < 1.29 is 18.3 Å². The molecule has 2 rings (SSSR count). The lowest BCUT2D eigenvalue weighted by atomic mass is 10.0. The van der Waals surface area contributed by atoms with E-state index < -0.39 is 16.1 Å². The molecule has 1 aromatic heterocycles. The number of hydrogen-bond acceptors (Lipinski definition) is 9.